The molecule has 1 amide bonds. The summed E-state index contributed by atoms with van der Waals surface area (Å²) in [5, 5.41) is 3.67. The van der Waals surface area contributed by atoms with E-state index in [-0.39, 0.29) is 6.04 Å². The molecule has 102 valence electrons. The summed E-state index contributed by atoms with van der Waals surface area (Å²) < 4.78 is 6.14. The van der Waals surface area contributed by atoms with Crippen LogP contribution in [-0.2, 0) is 11.2 Å². The Bertz CT molecular complexity index is 403. The second kappa shape index (κ2) is 6.49. The maximum absolute atomic E-state index is 11.6. The van der Waals surface area contributed by atoms with Crippen molar-refractivity contribution < 1.29 is 9.53 Å². The van der Waals surface area contributed by atoms with Gasteiger partial charge in [-0.1, -0.05) is 0 Å². The Morgan fingerprint density at radius 3 is 2.78 bits per heavy atom. The average molecular weight is 336 g/mol. The third-order valence-electron chi connectivity index (χ3n) is 1.95. The van der Waals surface area contributed by atoms with Crippen LogP contribution in [0.2, 0.25) is 0 Å². The van der Waals surface area contributed by atoms with Gasteiger partial charge in [0.15, 0.2) is 0 Å². The number of carbonyl (C=O) groups is 1. The van der Waals surface area contributed by atoms with Gasteiger partial charge in [-0.15, -0.1) is 11.3 Å². The molecule has 1 rings (SSSR count). The topological polar surface area (TPSA) is 77.2 Å². The van der Waals surface area contributed by atoms with Crippen molar-refractivity contribution in [2.45, 2.75) is 38.8 Å². The van der Waals surface area contributed by atoms with E-state index in [4.69, 9.17) is 10.5 Å². The number of nitrogens with zero attached hydrogens (tertiary/aromatic N) is 1. The van der Waals surface area contributed by atoms with E-state index in [2.05, 4.69) is 26.2 Å². The fraction of sp³-hybridized carbons (Fsp3) is 0.636. The number of ether oxygens (including phenoxy) is 1. The maximum atomic E-state index is 11.6. The Morgan fingerprint density at radius 1 is 1.67 bits per heavy atom. The average Bonchev–Trinajstić information content (AvgIpc) is 2.60. The van der Waals surface area contributed by atoms with Gasteiger partial charge in [-0.05, 0) is 36.7 Å². The first kappa shape index (κ1) is 15.4. The maximum Gasteiger partial charge on any atom is 0.407 e. The lowest BCUT2D eigenvalue weighted by Crippen LogP contribution is -2.44. The number of aromatic nitrogens is 1. The predicted octanol–water partition coefficient (Wildman–Crippen LogP) is 2.30. The highest BCUT2D eigenvalue weighted by Crippen LogP contribution is 2.20. The summed E-state index contributed by atoms with van der Waals surface area (Å²) in [6.07, 6.45) is 1.89. The van der Waals surface area contributed by atoms with Crippen molar-refractivity contribution in [2.75, 3.05) is 6.54 Å². The van der Waals surface area contributed by atoms with Crippen molar-refractivity contribution in [1.82, 2.24) is 10.3 Å². The van der Waals surface area contributed by atoms with E-state index in [0.29, 0.717) is 13.0 Å². The molecule has 0 radical (unpaired) electrons. The van der Waals surface area contributed by atoms with E-state index in [1.807, 2.05) is 20.8 Å². The molecule has 0 aliphatic carbocycles. The molecule has 1 unspecified atom stereocenters. The summed E-state index contributed by atoms with van der Waals surface area (Å²) in [7, 11) is 0. The number of amides is 1. The molecular formula is C11H18BrN3O2S. The largest absolute Gasteiger partial charge is 0.444 e. The summed E-state index contributed by atoms with van der Waals surface area (Å²) >= 11 is 4.88. The molecule has 3 N–H and O–H groups in total. The van der Waals surface area contributed by atoms with E-state index >= 15 is 0 Å². The first-order chi connectivity index (χ1) is 8.30. The molecule has 0 aliphatic heterocycles. The Labute approximate surface area is 119 Å². The molecule has 0 aromatic carbocycles. The van der Waals surface area contributed by atoms with Gasteiger partial charge < -0.3 is 15.8 Å². The predicted molar refractivity (Wildman–Crippen MR) is 75.7 cm³/mol. The zero-order valence-electron chi connectivity index (χ0n) is 10.7. The zero-order chi connectivity index (χ0) is 13.8. The van der Waals surface area contributed by atoms with Crippen molar-refractivity contribution >= 4 is 33.4 Å². The Morgan fingerprint density at radius 2 is 2.33 bits per heavy atom. The van der Waals surface area contributed by atoms with Crippen molar-refractivity contribution in [3.63, 3.8) is 0 Å². The lowest BCUT2D eigenvalue weighted by atomic mass is 10.2. The molecule has 1 atom stereocenters. The van der Waals surface area contributed by atoms with Gasteiger partial charge in [0.25, 0.3) is 0 Å². The first-order valence-electron chi connectivity index (χ1n) is 5.60. The van der Waals surface area contributed by atoms with E-state index in [1.165, 1.54) is 11.3 Å². The number of nitrogens with one attached hydrogen (secondary N) is 1. The summed E-state index contributed by atoms with van der Waals surface area (Å²) in [4.78, 5) is 15.8. The molecule has 1 heterocycles. The SMILES string of the molecule is CC(C)(C)OC(=O)NC(CN)Cc1ncc(Br)s1. The summed E-state index contributed by atoms with van der Waals surface area (Å²) in [5.74, 6) is 0. The van der Waals surface area contributed by atoms with Crippen LogP contribution in [0, 0.1) is 0 Å². The standard InChI is InChI=1S/C11H18BrN3O2S/c1-11(2,3)17-10(16)15-7(5-13)4-9-14-6-8(12)18-9/h6-7H,4-5,13H2,1-3H3,(H,15,16). The molecule has 18 heavy (non-hydrogen) atoms. The molecule has 5 nitrogen and oxygen atoms in total. The number of halogens is 1. The van der Waals surface area contributed by atoms with Gasteiger partial charge in [-0.2, -0.15) is 0 Å². The first-order valence-corrected chi connectivity index (χ1v) is 7.21. The van der Waals surface area contributed by atoms with E-state index in [1.54, 1.807) is 6.20 Å². The zero-order valence-corrected chi connectivity index (χ0v) is 13.1. The second-order valence-corrected chi connectivity index (χ2v) is 7.34. The highest BCUT2D eigenvalue weighted by Gasteiger charge is 2.19. The van der Waals surface area contributed by atoms with Crippen molar-refractivity contribution in [3.05, 3.63) is 15.0 Å². The van der Waals surface area contributed by atoms with Crippen LogP contribution in [0.15, 0.2) is 9.98 Å². The Hall–Kier alpha value is -0.660. The minimum Gasteiger partial charge on any atom is -0.444 e. The van der Waals surface area contributed by atoms with Gasteiger partial charge in [-0.3, -0.25) is 0 Å². The number of nitrogens with two attached hydrogens (primary N) is 1. The van der Waals surface area contributed by atoms with Gasteiger partial charge in [-0.25, -0.2) is 9.78 Å². The van der Waals surface area contributed by atoms with Crippen LogP contribution in [0.4, 0.5) is 4.79 Å². The van der Waals surface area contributed by atoms with E-state index in [0.717, 1.165) is 8.79 Å². The van der Waals surface area contributed by atoms with Crippen molar-refractivity contribution in [1.29, 1.82) is 0 Å². The molecule has 0 bridgehead atoms. The molecule has 0 saturated carbocycles. The smallest absolute Gasteiger partial charge is 0.407 e. The molecule has 7 heteroatoms. The molecule has 0 spiro atoms. The third-order valence-corrected chi connectivity index (χ3v) is 3.45. The number of alkyl carbamates (subject to hydrolysis) is 1. The van der Waals surface area contributed by atoms with Crippen LogP contribution in [0.5, 0.6) is 0 Å². The van der Waals surface area contributed by atoms with Gasteiger partial charge >= 0.3 is 6.09 Å². The highest BCUT2D eigenvalue weighted by molar-refractivity contribution is 9.11. The van der Waals surface area contributed by atoms with Gasteiger partial charge in [0.05, 0.1) is 21.0 Å². The Balaban J connectivity index is 2.49. The van der Waals surface area contributed by atoms with Crippen molar-refractivity contribution in [3.8, 4) is 0 Å². The van der Waals surface area contributed by atoms with Crippen LogP contribution in [0.25, 0.3) is 0 Å². The number of hydrogen-bond donors (Lipinski definition) is 2. The van der Waals surface area contributed by atoms with Crippen molar-refractivity contribution in [2.24, 2.45) is 5.73 Å². The van der Waals surface area contributed by atoms with Crippen LogP contribution in [0.1, 0.15) is 25.8 Å². The minimum atomic E-state index is -0.507. The normalized spacial score (nSPS) is 13.2. The fourth-order valence-corrected chi connectivity index (χ4v) is 2.64. The van der Waals surface area contributed by atoms with Crippen LogP contribution in [0.3, 0.4) is 0 Å². The van der Waals surface area contributed by atoms with E-state index < -0.39 is 11.7 Å². The number of rotatable bonds is 4. The summed E-state index contributed by atoms with van der Waals surface area (Å²) in [6, 6.07) is -0.169. The molecule has 0 aliphatic rings. The molecule has 0 saturated heterocycles. The van der Waals surface area contributed by atoms with Crippen LogP contribution >= 0.6 is 27.3 Å². The molecular weight excluding hydrogens is 318 g/mol. The monoisotopic (exact) mass is 335 g/mol. The third kappa shape index (κ3) is 5.79. The number of thiazole rings is 1. The highest BCUT2D eigenvalue weighted by atomic mass is 79.9. The lowest BCUT2D eigenvalue weighted by Gasteiger charge is -2.22. The summed E-state index contributed by atoms with van der Waals surface area (Å²) in [6.45, 7) is 5.81. The van der Waals surface area contributed by atoms with Gasteiger partial charge in [0.2, 0.25) is 0 Å². The second-order valence-electron chi connectivity index (χ2n) is 4.84. The molecule has 1 aromatic rings. The number of carbonyl (C=O) groups excluding carboxylic acids is 1. The van der Waals surface area contributed by atoms with Gasteiger partial charge in [0.1, 0.15) is 5.60 Å². The molecule has 0 fully saturated rings. The summed E-state index contributed by atoms with van der Waals surface area (Å²) in [5.41, 5.74) is 5.13. The minimum absolute atomic E-state index is 0.169. The van der Waals surface area contributed by atoms with E-state index in [9.17, 15) is 4.79 Å². The lowest BCUT2D eigenvalue weighted by molar-refractivity contribution is 0.0506. The van der Waals surface area contributed by atoms with Gasteiger partial charge in [0, 0.05) is 13.0 Å². The Kier molecular flexibility index (Phi) is 5.55. The quantitative estimate of drug-likeness (QED) is 0.884. The number of hydrogen-bond acceptors (Lipinski definition) is 5. The fourth-order valence-electron chi connectivity index (χ4n) is 1.26. The van der Waals surface area contributed by atoms with Crippen LogP contribution in [-0.4, -0.2) is 29.3 Å². The van der Waals surface area contributed by atoms with Crippen LogP contribution < -0.4 is 11.1 Å². The molecule has 1 aromatic heterocycles.